The van der Waals surface area contributed by atoms with Gasteiger partial charge in [-0.2, -0.15) is 0 Å². The van der Waals surface area contributed by atoms with Crippen molar-refractivity contribution >= 4 is 16.9 Å². The molecule has 2 aromatic carbocycles. The first kappa shape index (κ1) is 15.9. The Morgan fingerprint density at radius 2 is 1.88 bits per heavy atom. The summed E-state index contributed by atoms with van der Waals surface area (Å²) < 4.78 is 5.45. The highest BCUT2D eigenvalue weighted by Gasteiger charge is 2.17. The number of carbonyl (C=O) groups excluding carboxylic acids is 1. The lowest BCUT2D eigenvalue weighted by Crippen LogP contribution is -2.17. The lowest BCUT2D eigenvalue weighted by Gasteiger charge is -2.13. The predicted octanol–water partition coefficient (Wildman–Crippen LogP) is 3.46. The molecule has 0 bridgehead atoms. The highest BCUT2D eigenvalue weighted by atomic mass is 16.5. The quantitative estimate of drug-likeness (QED) is 0.750. The van der Waals surface area contributed by atoms with Crippen LogP contribution in [0.4, 0.5) is 0 Å². The first-order valence-electron chi connectivity index (χ1n) is 7.73. The van der Waals surface area contributed by atoms with Gasteiger partial charge in [0.2, 0.25) is 0 Å². The molecule has 5 nitrogen and oxygen atoms in total. The standard InChI is InChI=1S/C19H18N2O3/c1-11-8-9-14(10-12(11)2)19(23)24-13(3)17-20-16-7-5-4-6-15(16)18(22)21-17/h4-10,13H,1-3H3,(H,20,21,22)/t13-/m1/s1. The van der Waals surface area contributed by atoms with Crippen molar-refractivity contribution in [3.05, 3.63) is 75.3 Å². The SMILES string of the molecule is Cc1ccc(C(=O)O[C@H](C)c2nc3ccccc3c(=O)[nH]2)cc1C. The molecule has 0 aliphatic carbocycles. The molecule has 0 fully saturated rings. The molecular weight excluding hydrogens is 304 g/mol. The fraction of sp³-hybridized carbons (Fsp3) is 0.211. The van der Waals surface area contributed by atoms with Crippen LogP contribution in [0.3, 0.4) is 0 Å². The van der Waals surface area contributed by atoms with Gasteiger partial charge in [0.25, 0.3) is 5.56 Å². The average Bonchev–Trinajstić information content (AvgIpc) is 2.57. The molecule has 0 aliphatic heterocycles. The van der Waals surface area contributed by atoms with Crippen LogP contribution in [0.5, 0.6) is 0 Å². The Kier molecular flexibility index (Phi) is 4.16. The summed E-state index contributed by atoms with van der Waals surface area (Å²) in [7, 11) is 0. The van der Waals surface area contributed by atoms with E-state index in [-0.39, 0.29) is 5.56 Å². The van der Waals surface area contributed by atoms with E-state index in [0.717, 1.165) is 11.1 Å². The summed E-state index contributed by atoms with van der Waals surface area (Å²) in [6.45, 7) is 5.61. The van der Waals surface area contributed by atoms with Gasteiger partial charge in [-0.3, -0.25) is 4.79 Å². The van der Waals surface area contributed by atoms with Crippen molar-refractivity contribution in [2.45, 2.75) is 26.9 Å². The number of carbonyl (C=O) groups is 1. The topological polar surface area (TPSA) is 72.0 Å². The monoisotopic (exact) mass is 322 g/mol. The normalized spacial score (nSPS) is 12.1. The van der Waals surface area contributed by atoms with Crippen LogP contribution in [0.15, 0.2) is 47.3 Å². The zero-order chi connectivity index (χ0) is 17.3. The summed E-state index contributed by atoms with van der Waals surface area (Å²) in [6, 6.07) is 12.5. The first-order valence-corrected chi connectivity index (χ1v) is 7.73. The van der Waals surface area contributed by atoms with E-state index in [1.807, 2.05) is 26.0 Å². The van der Waals surface area contributed by atoms with Crippen LogP contribution < -0.4 is 5.56 Å². The van der Waals surface area contributed by atoms with Gasteiger partial charge in [-0.05, 0) is 56.2 Å². The molecule has 24 heavy (non-hydrogen) atoms. The van der Waals surface area contributed by atoms with E-state index >= 15 is 0 Å². The number of rotatable bonds is 3. The molecule has 0 spiro atoms. The summed E-state index contributed by atoms with van der Waals surface area (Å²) in [4.78, 5) is 31.5. The zero-order valence-electron chi connectivity index (χ0n) is 13.8. The molecule has 0 saturated heterocycles. The smallest absolute Gasteiger partial charge is 0.338 e. The lowest BCUT2D eigenvalue weighted by molar-refractivity contribution is 0.0320. The molecule has 0 unspecified atom stereocenters. The van der Waals surface area contributed by atoms with E-state index in [1.165, 1.54) is 0 Å². The number of aryl methyl sites for hydroxylation is 2. The summed E-state index contributed by atoms with van der Waals surface area (Å²) in [5.74, 6) is -0.114. The maximum absolute atomic E-state index is 12.3. The summed E-state index contributed by atoms with van der Waals surface area (Å²) >= 11 is 0. The molecular formula is C19H18N2O3. The number of ether oxygens (including phenoxy) is 1. The van der Waals surface area contributed by atoms with Crippen molar-refractivity contribution in [3.8, 4) is 0 Å². The second-order valence-corrected chi connectivity index (χ2v) is 5.81. The molecule has 3 rings (SSSR count). The number of H-pyrrole nitrogens is 1. The number of para-hydroxylation sites is 1. The van der Waals surface area contributed by atoms with Crippen molar-refractivity contribution in [2.24, 2.45) is 0 Å². The van der Waals surface area contributed by atoms with Crippen molar-refractivity contribution in [1.29, 1.82) is 0 Å². The molecule has 0 aliphatic rings. The lowest BCUT2D eigenvalue weighted by atomic mass is 10.1. The molecule has 1 aromatic heterocycles. The van der Waals surface area contributed by atoms with Crippen LogP contribution in [0.2, 0.25) is 0 Å². The van der Waals surface area contributed by atoms with E-state index in [0.29, 0.717) is 22.3 Å². The van der Waals surface area contributed by atoms with Crippen LogP contribution in [0, 0.1) is 13.8 Å². The summed E-state index contributed by atoms with van der Waals surface area (Å²) in [5.41, 5.74) is 2.94. The number of aromatic amines is 1. The maximum Gasteiger partial charge on any atom is 0.338 e. The Bertz CT molecular complexity index is 976. The summed E-state index contributed by atoms with van der Waals surface area (Å²) in [6.07, 6.45) is -0.656. The van der Waals surface area contributed by atoms with Gasteiger partial charge < -0.3 is 9.72 Å². The van der Waals surface area contributed by atoms with Crippen molar-refractivity contribution < 1.29 is 9.53 Å². The van der Waals surface area contributed by atoms with Crippen LogP contribution in [0.1, 0.15) is 40.3 Å². The number of nitrogens with zero attached hydrogens (tertiary/aromatic N) is 1. The number of benzene rings is 2. The molecule has 1 heterocycles. The Morgan fingerprint density at radius 3 is 2.62 bits per heavy atom. The number of hydrogen-bond acceptors (Lipinski definition) is 4. The van der Waals surface area contributed by atoms with Crippen molar-refractivity contribution in [3.63, 3.8) is 0 Å². The van der Waals surface area contributed by atoms with Gasteiger partial charge in [-0.25, -0.2) is 9.78 Å². The van der Waals surface area contributed by atoms with Gasteiger partial charge in [0.15, 0.2) is 11.9 Å². The van der Waals surface area contributed by atoms with E-state index < -0.39 is 12.1 Å². The highest BCUT2D eigenvalue weighted by molar-refractivity contribution is 5.89. The number of fused-ring (bicyclic) bond motifs is 1. The highest BCUT2D eigenvalue weighted by Crippen LogP contribution is 2.18. The summed E-state index contributed by atoms with van der Waals surface area (Å²) in [5, 5.41) is 0.508. The van der Waals surface area contributed by atoms with Crippen molar-refractivity contribution in [1.82, 2.24) is 9.97 Å². The molecule has 5 heteroatoms. The molecule has 3 aromatic rings. The second-order valence-electron chi connectivity index (χ2n) is 5.81. The van der Waals surface area contributed by atoms with Gasteiger partial charge in [-0.1, -0.05) is 18.2 Å². The third-order valence-corrected chi connectivity index (χ3v) is 4.04. The predicted molar refractivity (Wildman–Crippen MR) is 92.1 cm³/mol. The van der Waals surface area contributed by atoms with E-state index in [1.54, 1.807) is 37.3 Å². The minimum atomic E-state index is -0.656. The van der Waals surface area contributed by atoms with Gasteiger partial charge in [0.1, 0.15) is 0 Å². The minimum Gasteiger partial charge on any atom is -0.451 e. The maximum atomic E-state index is 12.3. The Labute approximate surface area is 139 Å². The van der Waals surface area contributed by atoms with Gasteiger partial charge in [0, 0.05) is 0 Å². The number of aromatic nitrogens is 2. The molecule has 0 saturated carbocycles. The molecule has 0 amide bonds. The number of hydrogen-bond donors (Lipinski definition) is 1. The van der Waals surface area contributed by atoms with Crippen LogP contribution in [-0.2, 0) is 4.74 Å². The Morgan fingerprint density at radius 1 is 1.12 bits per heavy atom. The Hall–Kier alpha value is -2.95. The minimum absolute atomic E-state index is 0.246. The Balaban J connectivity index is 1.86. The third kappa shape index (κ3) is 3.06. The van der Waals surface area contributed by atoms with Gasteiger partial charge in [-0.15, -0.1) is 0 Å². The molecule has 122 valence electrons. The van der Waals surface area contributed by atoms with Gasteiger partial charge in [0.05, 0.1) is 16.5 Å². The molecule has 1 N–H and O–H groups in total. The largest absolute Gasteiger partial charge is 0.451 e. The zero-order valence-corrected chi connectivity index (χ0v) is 13.8. The van der Waals surface area contributed by atoms with Crippen LogP contribution >= 0.6 is 0 Å². The van der Waals surface area contributed by atoms with Crippen LogP contribution in [0.25, 0.3) is 10.9 Å². The van der Waals surface area contributed by atoms with E-state index in [2.05, 4.69) is 9.97 Å². The van der Waals surface area contributed by atoms with E-state index in [9.17, 15) is 9.59 Å². The fourth-order valence-corrected chi connectivity index (χ4v) is 2.45. The molecule has 0 radical (unpaired) electrons. The third-order valence-electron chi connectivity index (χ3n) is 4.04. The number of nitrogens with one attached hydrogen (secondary N) is 1. The fourth-order valence-electron chi connectivity index (χ4n) is 2.45. The first-order chi connectivity index (χ1) is 11.5. The van der Waals surface area contributed by atoms with Crippen LogP contribution in [-0.4, -0.2) is 15.9 Å². The second kappa shape index (κ2) is 6.28. The van der Waals surface area contributed by atoms with Crippen molar-refractivity contribution in [2.75, 3.05) is 0 Å². The average molecular weight is 322 g/mol. The van der Waals surface area contributed by atoms with Gasteiger partial charge >= 0.3 is 5.97 Å². The number of esters is 1. The molecule has 1 atom stereocenters. The van der Waals surface area contributed by atoms with E-state index in [4.69, 9.17) is 4.74 Å².